The van der Waals surface area contributed by atoms with Crippen molar-refractivity contribution in [3.63, 3.8) is 0 Å². The summed E-state index contributed by atoms with van der Waals surface area (Å²) >= 11 is 6.28. The molecule has 1 aliphatic heterocycles. The zero-order valence-corrected chi connectivity index (χ0v) is 22.7. The maximum absolute atomic E-state index is 13.2. The van der Waals surface area contributed by atoms with Crippen LogP contribution in [0.2, 0.25) is 5.02 Å². The van der Waals surface area contributed by atoms with Crippen LogP contribution in [0, 0.1) is 11.8 Å². The van der Waals surface area contributed by atoms with Gasteiger partial charge in [-0.15, -0.1) is 0 Å². The molecule has 8 heteroatoms. The largest absolute Gasteiger partial charge is 0.453 e. The van der Waals surface area contributed by atoms with Crippen LogP contribution >= 0.6 is 11.6 Å². The van der Waals surface area contributed by atoms with Gasteiger partial charge in [0.2, 0.25) is 5.91 Å². The quantitative estimate of drug-likeness (QED) is 0.363. The van der Waals surface area contributed by atoms with Crippen LogP contribution in [0.1, 0.15) is 75.9 Å². The van der Waals surface area contributed by atoms with E-state index in [0.717, 1.165) is 37.3 Å². The second kappa shape index (κ2) is 15.4. The van der Waals surface area contributed by atoms with E-state index in [0.29, 0.717) is 37.2 Å². The minimum atomic E-state index is -0.476. The summed E-state index contributed by atoms with van der Waals surface area (Å²) < 4.78 is 10.9. The molecule has 7 nitrogen and oxygen atoms in total. The monoisotopic (exact) mass is 521 g/mol. The number of benzene rings is 1. The SMILES string of the molecule is CN[C@H](CCC(=O)N1CCC[C@@H]([C@@H](OCCNC(=O)OC)c2cccc(Cl)c2)C1)CC1CCCCC1. The Balaban J connectivity index is 1.56. The summed E-state index contributed by atoms with van der Waals surface area (Å²) in [5.74, 6) is 1.21. The maximum Gasteiger partial charge on any atom is 0.406 e. The lowest BCUT2D eigenvalue weighted by molar-refractivity contribution is -0.134. The minimum Gasteiger partial charge on any atom is -0.453 e. The number of ether oxygens (including phenoxy) is 2. The predicted octanol–water partition coefficient (Wildman–Crippen LogP) is 5.33. The van der Waals surface area contributed by atoms with Crippen molar-refractivity contribution < 1.29 is 19.1 Å². The van der Waals surface area contributed by atoms with Gasteiger partial charge in [0.15, 0.2) is 0 Å². The van der Waals surface area contributed by atoms with Crippen molar-refractivity contribution >= 4 is 23.6 Å². The third-order valence-electron chi connectivity index (χ3n) is 7.73. The summed E-state index contributed by atoms with van der Waals surface area (Å²) in [6.07, 6.45) is 10.6. The van der Waals surface area contributed by atoms with Gasteiger partial charge in [-0.05, 0) is 56.3 Å². The van der Waals surface area contributed by atoms with Crippen LogP contribution in [0.3, 0.4) is 0 Å². The average molecular weight is 522 g/mol. The summed E-state index contributed by atoms with van der Waals surface area (Å²) in [7, 11) is 3.37. The van der Waals surface area contributed by atoms with E-state index in [9.17, 15) is 9.59 Å². The van der Waals surface area contributed by atoms with E-state index in [1.54, 1.807) is 0 Å². The fourth-order valence-electron chi connectivity index (χ4n) is 5.74. The van der Waals surface area contributed by atoms with E-state index >= 15 is 0 Å². The van der Waals surface area contributed by atoms with Gasteiger partial charge in [-0.1, -0.05) is 55.8 Å². The summed E-state index contributed by atoms with van der Waals surface area (Å²) in [5.41, 5.74) is 1.00. The van der Waals surface area contributed by atoms with Crippen molar-refractivity contribution in [1.29, 1.82) is 0 Å². The molecule has 1 aromatic carbocycles. The van der Waals surface area contributed by atoms with Gasteiger partial charge in [0.05, 0.1) is 19.8 Å². The number of hydrogen-bond acceptors (Lipinski definition) is 5. The molecule has 3 atom stereocenters. The lowest BCUT2D eigenvalue weighted by Gasteiger charge is -2.37. The Morgan fingerprint density at radius 1 is 1.17 bits per heavy atom. The van der Waals surface area contributed by atoms with Crippen molar-refractivity contribution in [1.82, 2.24) is 15.5 Å². The van der Waals surface area contributed by atoms with Gasteiger partial charge in [-0.2, -0.15) is 0 Å². The summed E-state index contributed by atoms with van der Waals surface area (Å²) in [6, 6.07) is 8.14. The van der Waals surface area contributed by atoms with E-state index in [-0.39, 0.29) is 17.9 Å². The number of hydrogen-bond donors (Lipinski definition) is 2. The van der Waals surface area contributed by atoms with Crippen LogP contribution in [0.25, 0.3) is 0 Å². The van der Waals surface area contributed by atoms with Crippen LogP contribution in [0.5, 0.6) is 0 Å². The van der Waals surface area contributed by atoms with E-state index in [2.05, 4.69) is 15.4 Å². The summed E-state index contributed by atoms with van der Waals surface area (Å²) in [5, 5.41) is 6.78. The smallest absolute Gasteiger partial charge is 0.406 e. The Labute approximate surface area is 221 Å². The zero-order valence-electron chi connectivity index (χ0n) is 22.0. The number of alkyl carbamates (subject to hydrolysis) is 1. The van der Waals surface area contributed by atoms with Crippen LogP contribution < -0.4 is 10.6 Å². The van der Waals surface area contributed by atoms with Gasteiger partial charge in [0, 0.05) is 43.0 Å². The predicted molar refractivity (Wildman–Crippen MR) is 143 cm³/mol. The standard InChI is InChI=1S/C28H44ClN3O4/c1-30-25(18-21-8-4-3-5-9-21)13-14-26(33)32-16-7-11-23(20-32)27(22-10-6-12-24(29)19-22)36-17-15-31-28(34)35-2/h6,10,12,19,21,23,25,27,30H,3-5,7-9,11,13-18,20H2,1-2H3,(H,31,34)/t23-,25-,27+/m1/s1. The molecule has 1 heterocycles. The van der Waals surface area contributed by atoms with Crippen molar-refractivity contribution in [2.24, 2.45) is 11.8 Å². The fraction of sp³-hybridized carbons (Fsp3) is 0.714. The molecule has 1 aromatic rings. The number of likely N-dealkylation sites (tertiary alicyclic amines) is 1. The highest BCUT2D eigenvalue weighted by Gasteiger charge is 2.31. The van der Waals surface area contributed by atoms with Crippen molar-refractivity contribution in [2.75, 3.05) is 40.4 Å². The van der Waals surface area contributed by atoms with E-state index in [1.165, 1.54) is 45.6 Å². The molecule has 0 radical (unpaired) electrons. The highest BCUT2D eigenvalue weighted by Crippen LogP contribution is 2.34. The van der Waals surface area contributed by atoms with Gasteiger partial charge in [-0.25, -0.2) is 4.79 Å². The fourth-order valence-corrected chi connectivity index (χ4v) is 5.94. The normalized spacial score (nSPS) is 20.5. The van der Waals surface area contributed by atoms with Crippen LogP contribution in [0.15, 0.2) is 24.3 Å². The summed E-state index contributed by atoms with van der Waals surface area (Å²) in [6.45, 7) is 2.18. The molecule has 2 amide bonds. The lowest BCUT2D eigenvalue weighted by Crippen LogP contribution is -2.43. The molecule has 2 fully saturated rings. The first-order valence-corrected chi connectivity index (χ1v) is 14.0. The van der Waals surface area contributed by atoms with Crippen molar-refractivity contribution in [2.45, 2.75) is 76.4 Å². The molecular formula is C28H44ClN3O4. The number of rotatable bonds is 12. The van der Waals surface area contributed by atoms with Gasteiger partial charge in [0.25, 0.3) is 0 Å². The highest BCUT2D eigenvalue weighted by molar-refractivity contribution is 6.30. The molecule has 202 valence electrons. The number of halogens is 1. The highest BCUT2D eigenvalue weighted by atomic mass is 35.5. The van der Waals surface area contributed by atoms with Gasteiger partial charge >= 0.3 is 6.09 Å². The number of carbonyl (C=O) groups is 2. The molecule has 0 aromatic heterocycles. The Kier molecular flexibility index (Phi) is 12.3. The first-order chi connectivity index (χ1) is 17.5. The first kappa shape index (κ1) is 28.7. The average Bonchev–Trinajstić information content (AvgIpc) is 2.91. The second-order valence-electron chi connectivity index (χ2n) is 10.3. The Morgan fingerprint density at radius 2 is 1.97 bits per heavy atom. The number of nitrogens with one attached hydrogen (secondary N) is 2. The van der Waals surface area contributed by atoms with E-state index in [1.807, 2.05) is 36.2 Å². The molecular weight excluding hydrogens is 478 g/mol. The molecule has 0 bridgehead atoms. The van der Waals surface area contributed by atoms with Gasteiger partial charge in [-0.3, -0.25) is 4.79 Å². The lowest BCUT2D eigenvalue weighted by atomic mass is 9.84. The summed E-state index contributed by atoms with van der Waals surface area (Å²) in [4.78, 5) is 26.6. The number of nitrogens with zero attached hydrogens (tertiary/aromatic N) is 1. The topological polar surface area (TPSA) is 79.9 Å². The molecule has 1 saturated heterocycles. The van der Waals surface area contributed by atoms with Crippen LogP contribution in [0.4, 0.5) is 4.79 Å². The number of amides is 2. The van der Waals surface area contributed by atoms with Crippen molar-refractivity contribution in [3.05, 3.63) is 34.9 Å². The minimum absolute atomic E-state index is 0.168. The second-order valence-corrected chi connectivity index (χ2v) is 10.7. The van der Waals surface area contributed by atoms with Gasteiger partial charge < -0.3 is 25.0 Å². The van der Waals surface area contributed by atoms with Gasteiger partial charge in [0.1, 0.15) is 0 Å². The van der Waals surface area contributed by atoms with Crippen molar-refractivity contribution in [3.8, 4) is 0 Å². The number of carbonyl (C=O) groups excluding carboxylic acids is 2. The molecule has 0 unspecified atom stereocenters. The molecule has 36 heavy (non-hydrogen) atoms. The molecule has 3 rings (SSSR count). The molecule has 1 saturated carbocycles. The first-order valence-electron chi connectivity index (χ1n) is 13.6. The zero-order chi connectivity index (χ0) is 25.8. The van der Waals surface area contributed by atoms with E-state index in [4.69, 9.17) is 16.3 Å². The van der Waals surface area contributed by atoms with E-state index < -0.39 is 6.09 Å². The molecule has 0 spiro atoms. The number of methoxy groups -OCH3 is 1. The van der Waals surface area contributed by atoms with Crippen LogP contribution in [-0.4, -0.2) is 63.3 Å². The third-order valence-corrected chi connectivity index (χ3v) is 7.96. The number of piperidine rings is 1. The Morgan fingerprint density at radius 3 is 2.69 bits per heavy atom. The molecule has 1 aliphatic carbocycles. The molecule has 2 N–H and O–H groups in total. The Hall–Kier alpha value is -1.83. The Bertz CT molecular complexity index is 818. The van der Waals surface area contributed by atoms with Crippen LogP contribution in [-0.2, 0) is 14.3 Å². The maximum atomic E-state index is 13.2. The third kappa shape index (κ3) is 9.24. The molecule has 2 aliphatic rings.